The van der Waals surface area contributed by atoms with Gasteiger partial charge in [0.05, 0.1) is 22.0 Å². The van der Waals surface area contributed by atoms with Crippen LogP contribution in [0.4, 0.5) is 0 Å². The van der Waals surface area contributed by atoms with Gasteiger partial charge in [0.15, 0.2) is 5.82 Å². The van der Waals surface area contributed by atoms with E-state index in [1.165, 1.54) is 18.2 Å². The lowest BCUT2D eigenvalue weighted by molar-refractivity contribution is 0.0949. The minimum Gasteiger partial charge on any atom is -0.345 e. The van der Waals surface area contributed by atoms with Crippen molar-refractivity contribution in [2.45, 2.75) is 63.6 Å². The van der Waals surface area contributed by atoms with Gasteiger partial charge in [-0.2, -0.15) is 0 Å². The molecule has 1 aliphatic rings. The highest BCUT2D eigenvalue weighted by Gasteiger charge is 2.20. The number of aromatic nitrogens is 3. The third kappa shape index (κ3) is 4.71. The lowest BCUT2D eigenvalue weighted by Gasteiger charge is -2.12. The molecule has 0 radical (unpaired) electrons. The molecule has 0 spiro atoms. The van der Waals surface area contributed by atoms with Gasteiger partial charge in [0, 0.05) is 19.0 Å². The predicted molar refractivity (Wildman–Crippen MR) is 106 cm³/mol. The normalized spacial score (nSPS) is 14.6. The number of carbonyl (C=O) groups is 1. The molecule has 0 saturated heterocycles. The Hall–Kier alpha value is -1.97. The average molecular weight is 426 g/mol. The predicted octanol–water partition coefficient (Wildman–Crippen LogP) is 2.27. The highest BCUT2D eigenvalue weighted by molar-refractivity contribution is 7.89. The molecule has 0 atom stereocenters. The van der Waals surface area contributed by atoms with E-state index in [2.05, 4.69) is 20.2 Å². The molecule has 1 amide bonds. The van der Waals surface area contributed by atoms with Gasteiger partial charge in [-0.15, -0.1) is 10.2 Å². The van der Waals surface area contributed by atoms with Crippen molar-refractivity contribution in [2.24, 2.45) is 0 Å². The van der Waals surface area contributed by atoms with Crippen molar-refractivity contribution in [1.82, 2.24) is 24.8 Å². The van der Waals surface area contributed by atoms with Crippen molar-refractivity contribution in [1.29, 1.82) is 0 Å². The molecule has 0 saturated carbocycles. The van der Waals surface area contributed by atoms with E-state index in [-0.39, 0.29) is 28.1 Å². The molecule has 0 unspecified atom stereocenters. The maximum Gasteiger partial charge on any atom is 0.253 e. The summed E-state index contributed by atoms with van der Waals surface area (Å²) in [5, 5.41) is 11.3. The first kappa shape index (κ1) is 20.8. The van der Waals surface area contributed by atoms with Crippen molar-refractivity contribution in [3.05, 3.63) is 40.4 Å². The highest BCUT2D eigenvalue weighted by Crippen LogP contribution is 2.21. The average Bonchev–Trinajstić information content (AvgIpc) is 2.85. The molecule has 2 heterocycles. The topological polar surface area (TPSA) is 106 Å². The molecule has 3 rings (SSSR count). The SMILES string of the molecule is CC(C)NS(=O)(=O)c1ccc(Cl)c(C(=O)NCc2nnc3n2CCCCC3)c1. The maximum atomic E-state index is 12.6. The van der Waals surface area contributed by atoms with Crippen LogP contribution in [0.2, 0.25) is 5.02 Å². The number of aryl methyl sites for hydroxylation is 1. The molecule has 0 fully saturated rings. The molecule has 2 aromatic rings. The number of nitrogens with zero attached hydrogens (tertiary/aromatic N) is 3. The highest BCUT2D eigenvalue weighted by atomic mass is 35.5. The van der Waals surface area contributed by atoms with Crippen molar-refractivity contribution >= 4 is 27.5 Å². The zero-order valence-electron chi connectivity index (χ0n) is 15.9. The largest absolute Gasteiger partial charge is 0.345 e. The quantitative estimate of drug-likeness (QED) is 0.738. The van der Waals surface area contributed by atoms with Crippen molar-refractivity contribution in [3.8, 4) is 0 Å². The molecule has 0 aliphatic carbocycles. The molecular weight excluding hydrogens is 402 g/mol. The van der Waals surface area contributed by atoms with Crippen LogP contribution in [0.25, 0.3) is 0 Å². The number of rotatable bonds is 6. The van der Waals surface area contributed by atoms with E-state index in [0.717, 1.165) is 38.1 Å². The van der Waals surface area contributed by atoms with E-state index in [1.54, 1.807) is 13.8 Å². The second kappa shape index (κ2) is 8.59. The molecule has 28 heavy (non-hydrogen) atoms. The number of fused-ring (bicyclic) bond motifs is 1. The fraction of sp³-hybridized carbons (Fsp3) is 0.500. The van der Waals surface area contributed by atoms with E-state index < -0.39 is 15.9 Å². The van der Waals surface area contributed by atoms with Gasteiger partial charge in [-0.25, -0.2) is 13.1 Å². The Bertz CT molecular complexity index is 972. The third-order valence-corrected chi connectivity index (χ3v) is 6.46. The van der Waals surface area contributed by atoms with Crippen LogP contribution < -0.4 is 10.0 Å². The molecular formula is C18H24ClN5O3S. The Kier molecular flexibility index (Phi) is 6.36. The van der Waals surface area contributed by atoms with Crippen molar-refractivity contribution in [3.63, 3.8) is 0 Å². The number of carbonyl (C=O) groups excluding carboxylic acids is 1. The first-order chi connectivity index (χ1) is 13.3. The monoisotopic (exact) mass is 425 g/mol. The summed E-state index contributed by atoms with van der Waals surface area (Å²) in [6.07, 6.45) is 4.18. The molecule has 8 nitrogen and oxygen atoms in total. The number of hydrogen-bond acceptors (Lipinski definition) is 5. The zero-order chi connectivity index (χ0) is 20.3. The minimum atomic E-state index is -3.72. The molecule has 1 aromatic heterocycles. The Morgan fingerprint density at radius 2 is 2.04 bits per heavy atom. The lowest BCUT2D eigenvalue weighted by atomic mass is 10.2. The second-order valence-corrected chi connectivity index (χ2v) is 9.22. The fourth-order valence-corrected chi connectivity index (χ4v) is 4.63. The second-order valence-electron chi connectivity index (χ2n) is 7.10. The van der Waals surface area contributed by atoms with Crippen molar-refractivity contribution in [2.75, 3.05) is 0 Å². The van der Waals surface area contributed by atoms with Gasteiger partial charge in [0.25, 0.3) is 5.91 Å². The van der Waals surface area contributed by atoms with Gasteiger partial charge in [-0.05, 0) is 44.9 Å². The number of sulfonamides is 1. The van der Waals surface area contributed by atoms with Gasteiger partial charge in [-0.1, -0.05) is 18.0 Å². The first-order valence-corrected chi connectivity index (χ1v) is 11.1. The van der Waals surface area contributed by atoms with Gasteiger partial charge < -0.3 is 9.88 Å². The van der Waals surface area contributed by atoms with Gasteiger partial charge >= 0.3 is 0 Å². The van der Waals surface area contributed by atoms with Crippen LogP contribution in [-0.2, 0) is 29.5 Å². The fourth-order valence-electron chi connectivity index (χ4n) is 3.15. The van der Waals surface area contributed by atoms with Crippen LogP contribution in [0, 0.1) is 0 Å². The molecule has 1 aromatic carbocycles. The number of nitrogens with one attached hydrogen (secondary N) is 2. The number of amides is 1. The summed E-state index contributed by atoms with van der Waals surface area (Å²) >= 11 is 6.14. The van der Waals surface area contributed by atoms with E-state index in [9.17, 15) is 13.2 Å². The number of halogens is 1. The molecule has 152 valence electrons. The van der Waals surface area contributed by atoms with Gasteiger partial charge in [0.1, 0.15) is 5.82 Å². The van der Waals surface area contributed by atoms with Crippen LogP contribution in [0.3, 0.4) is 0 Å². The zero-order valence-corrected chi connectivity index (χ0v) is 17.5. The lowest BCUT2D eigenvalue weighted by Crippen LogP contribution is -2.31. The van der Waals surface area contributed by atoms with Crippen LogP contribution in [-0.4, -0.2) is 35.1 Å². The molecule has 1 aliphatic heterocycles. The van der Waals surface area contributed by atoms with Crippen LogP contribution in [0.5, 0.6) is 0 Å². The Labute approximate surface area is 169 Å². The summed E-state index contributed by atoms with van der Waals surface area (Å²) in [4.78, 5) is 12.6. The summed E-state index contributed by atoms with van der Waals surface area (Å²) in [5.41, 5.74) is 0.101. The van der Waals surface area contributed by atoms with E-state index in [4.69, 9.17) is 11.6 Å². The summed E-state index contributed by atoms with van der Waals surface area (Å²) in [6, 6.07) is 3.81. The smallest absolute Gasteiger partial charge is 0.253 e. The minimum absolute atomic E-state index is 0.00732. The third-order valence-electron chi connectivity index (χ3n) is 4.48. The van der Waals surface area contributed by atoms with E-state index in [0.29, 0.717) is 5.82 Å². The Morgan fingerprint density at radius 1 is 1.25 bits per heavy atom. The number of hydrogen-bond donors (Lipinski definition) is 2. The summed E-state index contributed by atoms with van der Waals surface area (Å²) < 4.78 is 29.3. The molecule has 0 bridgehead atoms. The van der Waals surface area contributed by atoms with E-state index in [1.807, 2.05) is 4.57 Å². The first-order valence-electron chi connectivity index (χ1n) is 9.29. The van der Waals surface area contributed by atoms with Crippen LogP contribution in [0.1, 0.15) is 55.1 Å². The summed E-state index contributed by atoms with van der Waals surface area (Å²) in [5.74, 6) is 1.16. The van der Waals surface area contributed by atoms with Gasteiger partial charge in [-0.3, -0.25) is 4.79 Å². The van der Waals surface area contributed by atoms with Gasteiger partial charge in [0.2, 0.25) is 10.0 Å². The molecule has 10 heteroatoms. The van der Waals surface area contributed by atoms with Crippen molar-refractivity contribution < 1.29 is 13.2 Å². The summed E-state index contributed by atoms with van der Waals surface area (Å²) in [6.45, 7) is 4.48. The van der Waals surface area contributed by atoms with Crippen LogP contribution in [0.15, 0.2) is 23.1 Å². The molecule has 2 N–H and O–H groups in total. The standard InChI is InChI=1S/C18H24ClN5O3S/c1-12(2)23-28(26,27)13-7-8-15(19)14(10-13)18(25)20-11-17-22-21-16-6-4-3-5-9-24(16)17/h7-8,10,12,23H,3-6,9,11H2,1-2H3,(H,20,25). The van der Waals surface area contributed by atoms with Crippen LogP contribution >= 0.6 is 11.6 Å². The Balaban J connectivity index is 1.76. The maximum absolute atomic E-state index is 12.6. The number of benzene rings is 1. The Morgan fingerprint density at radius 3 is 2.79 bits per heavy atom. The van der Waals surface area contributed by atoms with E-state index >= 15 is 0 Å². The summed E-state index contributed by atoms with van der Waals surface area (Å²) in [7, 11) is -3.72.